The zero-order chi connectivity index (χ0) is 17.3. The molecule has 0 amide bonds. The van der Waals surface area contributed by atoms with Crippen molar-refractivity contribution in [2.24, 2.45) is 0 Å². The largest absolute Gasteiger partial charge is 0.237 e. The Kier molecular flexibility index (Phi) is 13.7. The molecule has 1 aromatic carbocycles. The van der Waals surface area contributed by atoms with Gasteiger partial charge in [0.25, 0.3) is 0 Å². The van der Waals surface area contributed by atoms with E-state index in [0.717, 1.165) is 51.4 Å². The van der Waals surface area contributed by atoms with Gasteiger partial charge in [-0.2, -0.15) is 0 Å². The third-order valence-corrected chi connectivity index (χ3v) is 3.71. The molecule has 0 spiro atoms. The van der Waals surface area contributed by atoms with Gasteiger partial charge in [0.2, 0.25) is 0 Å². The molecule has 0 fully saturated rings. The van der Waals surface area contributed by atoms with Gasteiger partial charge in [0, 0.05) is 0 Å². The summed E-state index contributed by atoms with van der Waals surface area (Å²) in [5, 5.41) is 0. The molecular formula is C20H34O4. The van der Waals surface area contributed by atoms with Crippen LogP contribution in [-0.4, -0.2) is 26.4 Å². The maximum absolute atomic E-state index is 5.18. The van der Waals surface area contributed by atoms with E-state index in [1.54, 1.807) is 0 Å². The molecule has 1 rings (SSSR count). The summed E-state index contributed by atoms with van der Waals surface area (Å²) in [7, 11) is 0. The fraction of sp³-hybridized carbons (Fsp3) is 0.700. The third kappa shape index (κ3) is 11.6. The SMILES string of the molecule is CCCCOOCCCc1cccc(CCCOOCCCC)c1. The maximum Gasteiger partial charge on any atom is 0.0825 e. The molecule has 0 bridgehead atoms. The van der Waals surface area contributed by atoms with Crippen LogP contribution in [0.5, 0.6) is 0 Å². The Bertz CT molecular complexity index is 362. The van der Waals surface area contributed by atoms with E-state index in [1.807, 2.05) is 0 Å². The molecule has 0 aliphatic rings. The molecule has 0 saturated carbocycles. The van der Waals surface area contributed by atoms with Gasteiger partial charge in [0.05, 0.1) is 26.4 Å². The Morgan fingerprint density at radius 3 is 1.46 bits per heavy atom. The summed E-state index contributed by atoms with van der Waals surface area (Å²) < 4.78 is 0. The number of benzene rings is 1. The first-order valence-electron chi connectivity index (χ1n) is 9.43. The van der Waals surface area contributed by atoms with Crippen molar-refractivity contribution in [3.05, 3.63) is 35.4 Å². The Morgan fingerprint density at radius 2 is 1.04 bits per heavy atom. The highest BCUT2D eigenvalue weighted by molar-refractivity contribution is 5.23. The minimum absolute atomic E-state index is 0.650. The van der Waals surface area contributed by atoms with Crippen LogP contribution in [0.3, 0.4) is 0 Å². The molecule has 0 aliphatic carbocycles. The molecule has 138 valence electrons. The lowest BCUT2D eigenvalue weighted by Crippen LogP contribution is -2.01. The Morgan fingerprint density at radius 1 is 0.625 bits per heavy atom. The van der Waals surface area contributed by atoms with Crippen LogP contribution in [0.25, 0.3) is 0 Å². The summed E-state index contributed by atoms with van der Waals surface area (Å²) in [5.74, 6) is 0. The van der Waals surface area contributed by atoms with E-state index in [0.29, 0.717) is 26.4 Å². The van der Waals surface area contributed by atoms with E-state index in [2.05, 4.69) is 38.1 Å². The summed E-state index contributed by atoms with van der Waals surface area (Å²) in [6.07, 6.45) is 8.35. The normalized spacial score (nSPS) is 11.1. The van der Waals surface area contributed by atoms with Gasteiger partial charge in [0.1, 0.15) is 0 Å². The molecule has 4 heteroatoms. The van der Waals surface area contributed by atoms with Crippen LogP contribution < -0.4 is 0 Å². The standard InChI is InChI=1S/C20H34O4/c1-3-5-14-21-23-16-8-12-19-10-7-11-20(18-19)13-9-17-24-22-15-6-4-2/h7,10-11,18H,3-6,8-9,12-17H2,1-2H3. The molecule has 0 aliphatic heterocycles. The van der Waals surface area contributed by atoms with E-state index < -0.39 is 0 Å². The van der Waals surface area contributed by atoms with Gasteiger partial charge in [-0.25, -0.2) is 19.6 Å². The lowest BCUT2D eigenvalue weighted by molar-refractivity contribution is -0.295. The van der Waals surface area contributed by atoms with Crippen molar-refractivity contribution >= 4 is 0 Å². The Balaban J connectivity index is 2.08. The van der Waals surface area contributed by atoms with Crippen LogP contribution in [0.2, 0.25) is 0 Å². The molecular weight excluding hydrogens is 304 g/mol. The van der Waals surface area contributed by atoms with Crippen molar-refractivity contribution in [2.75, 3.05) is 26.4 Å². The van der Waals surface area contributed by atoms with Gasteiger partial charge in [-0.3, -0.25) is 0 Å². The first-order valence-corrected chi connectivity index (χ1v) is 9.43. The molecule has 0 atom stereocenters. The lowest BCUT2D eigenvalue weighted by Gasteiger charge is -2.07. The van der Waals surface area contributed by atoms with E-state index in [4.69, 9.17) is 19.6 Å². The number of aryl methyl sites for hydroxylation is 2. The first-order chi connectivity index (χ1) is 11.9. The number of rotatable bonds is 16. The first kappa shape index (κ1) is 21.1. The van der Waals surface area contributed by atoms with E-state index >= 15 is 0 Å². The quantitative estimate of drug-likeness (QED) is 0.240. The fourth-order valence-electron chi connectivity index (χ4n) is 2.25. The topological polar surface area (TPSA) is 36.9 Å². The van der Waals surface area contributed by atoms with Crippen molar-refractivity contribution in [1.82, 2.24) is 0 Å². The third-order valence-electron chi connectivity index (χ3n) is 3.71. The average molecular weight is 338 g/mol. The minimum Gasteiger partial charge on any atom is -0.237 e. The second-order valence-electron chi connectivity index (χ2n) is 6.02. The molecule has 24 heavy (non-hydrogen) atoms. The van der Waals surface area contributed by atoms with Gasteiger partial charge in [-0.05, 0) is 49.7 Å². The molecule has 0 aromatic heterocycles. The highest BCUT2D eigenvalue weighted by Crippen LogP contribution is 2.10. The summed E-state index contributed by atoms with van der Waals surface area (Å²) in [5.41, 5.74) is 2.70. The molecule has 0 unspecified atom stereocenters. The summed E-state index contributed by atoms with van der Waals surface area (Å²) in [4.78, 5) is 20.6. The van der Waals surface area contributed by atoms with Crippen molar-refractivity contribution in [3.8, 4) is 0 Å². The van der Waals surface area contributed by atoms with Gasteiger partial charge in [-0.1, -0.05) is 51.0 Å². The molecule has 4 nitrogen and oxygen atoms in total. The number of hydrogen-bond donors (Lipinski definition) is 0. The second-order valence-corrected chi connectivity index (χ2v) is 6.02. The molecule has 0 saturated heterocycles. The van der Waals surface area contributed by atoms with Gasteiger partial charge in [-0.15, -0.1) is 0 Å². The smallest absolute Gasteiger partial charge is 0.0825 e. The highest BCUT2D eigenvalue weighted by Gasteiger charge is 1.99. The van der Waals surface area contributed by atoms with Crippen molar-refractivity contribution in [2.45, 2.75) is 65.2 Å². The molecule has 0 radical (unpaired) electrons. The van der Waals surface area contributed by atoms with E-state index in [9.17, 15) is 0 Å². The van der Waals surface area contributed by atoms with Crippen LogP contribution in [-0.2, 0) is 32.4 Å². The lowest BCUT2D eigenvalue weighted by atomic mass is 10.0. The molecule has 0 N–H and O–H groups in total. The predicted molar refractivity (Wildman–Crippen MR) is 96.7 cm³/mol. The number of hydrogen-bond acceptors (Lipinski definition) is 4. The van der Waals surface area contributed by atoms with Crippen LogP contribution >= 0.6 is 0 Å². The Labute approximate surface area is 147 Å². The van der Waals surface area contributed by atoms with Gasteiger partial charge in [0.15, 0.2) is 0 Å². The van der Waals surface area contributed by atoms with Crippen molar-refractivity contribution in [3.63, 3.8) is 0 Å². The monoisotopic (exact) mass is 338 g/mol. The maximum atomic E-state index is 5.18. The zero-order valence-electron chi connectivity index (χ0n) is 15.4. The van der Waals surface area contributed by atoms with Crippen molar-refractivity contribution < 1.29 is 19.6 Å². The van der Waals surface area contributed by atoms with Crippen molar-refractivity contribution in [1.29, 1.82) is 0 Å². The summed E-state index contributed by atoms with van der Waals surface area (Å²) in [6, 6.07) is 8.75. The second kappa shape index (κ2) is 15.6. The van der Waals surface area contributed by atoms with E-state index in [-0.39, 0.29) is 0 Å². The van der Waals surface area contributed by atoms with Gasteiger partial charge < -0.3 is 0 Å². The predicted octanol–water partition coefficient (Wildman–Crippen LogP) is 5.05. The summed E-state index contributed by atoms with van der Waals surface area (Å²) >= 11 is 0. The zero-order valence-corrected chi connectivity index (χ0v) is 15.4. The summed E-state index contributed by atoms with van der Waals surface area (Å²) in [6.45, 7) is 6.96. The van der Waals surface area contributed by atoms with Crippen LogP contribution in [0, 0.1) is 0 Å². The number of unbranched alkanes of at least 4 members (excludes halogenated alkanes) is 2. The van der Waals surface area contributed by atoms with Crippen LogP contribution in [0.15, 0.2) is 24.3 Å². The van der Waals surface area contributed by atoms with Crippen LogP contribution in [0.1, 0.15) is 63.5 Å². The molecule has 1 aromatic rings. The highest BCUT2D eigenvalue weighted by atomic mass is 17.2. The Hall–Kier alpha value is -0.940. The molecule has 0 heterocycles. The van der Waals surface area contributed by atoms with Crippen LogP contribution in [0.4, 0.5) is 0 Å². The minimum atomic E-state index is 0.650. The van der Waals surface area contributed by atoms with Gasteiger partial charge >= 0.3 is 0 Å². The fourth-order valence-corrected chi connectivity index (χ4v) is 2.25. The van der Waals surface area contributed by atoms with E-state index in [1.165, 1.54) is 11.1 Å². The average Bonchev–Trinajstić information content (AvgIpc) is 2.60.